The van der Waals surface area contributed by atoms with Gasteiger partial charge in [0.1, 0.15) is 0 Å². The second-order valence-electron chi connectivity index (χ2n) is 4.99. The maximum absolute atomic E-state index is 5.25. The van der Waals surface area contributed by atoms with E-state index in [2.05, 4.69) is 46.8 Å². The molecule has 1 aromatic carbocycles. The SMILES string of the molecule is CNC(C)Cc1noc(CCNc2ccccc2C)n1.Cl. The van der Waals surface area contributed by atoms with Gasteiger partial charge in [0.25, 0.3) is 0 Å². The minimum absolute atomic E-state index is 0. The summed E-state index contributed by atoms with van der Waals surface area (Å²) in [4.78, 5) is 4.39. The van der Waals surface area contributed by atoms with E-state index in [1.807, 2.05) is 19.2 Å². The summed E-state index contributed by atoms with van der Waals surface area (Å²) < 4.78 is 5.25. The fraction of sp³-hybridized carbons (Fsp3) is 0.467. The van der Waals surface area contributed by atoms with Crippen LogP contribution in [0.15, 0.2) is 28.8 Å². The summed E-state index contributed by atoms with van der Waals surface area (Å²) in [6, 6.07) is 8.58. The van der Waals surface area contributed by atoms with Crippen LogP contribution in [0.3, 0.4) is 0 Å². The molecule has 0 saturated heterocycles. The molecule has 0 radical (unpaired) electrons. The van der Waals surface area contributed by atoms with Crippen LogP contribution in [0.4, 0.5) is 5.69 Å². The molecule has 0 aliphatic heterocycles. The van der Waals surface area contributed by atoms with Crippen molar-refractivity contribution >= 4 is 18.1 Å². The maximum Gasteiger partial charge on any atom is 0.228 e. The predicted octanol–water partition coefficient (Wildman–Crippen LogP) is 2.60. The molecule has 0 aliphatic carbocycles. The first kappa shape index (κ1) is 17.5. The van der Waals surface area contributed by atoms with Gasteiger partial charge < -0.3 is 15.2 Å². The number of hydrogen-bond acceptors (Lipinski definition) is 5. The molecule has 0 amide bonds. The van der Waals surface area contributed by atoms with E-state index in [0.29, 0.717) is 11.9 Å². The van der Waals surface area contributed by atoms with Gasteiger partial charge in [-0.1, -0.05) is 23.4 Å². The zero-order valence-corrected chi connectivity index (χ0v) is 13.5. The molecule has 116 valence electrons. The van der Waals surface area contributed by atoms with E-state index in [4.69, 9.17) is 4.52 Å². The Labute approximate surface area is 131 Å². The molecular formula is C15H23ClN4O. The van der Waals surface area contributed by atoms with Crippen LogP contribution < -0.4 is 10.6 Å². The lowest BCUT2D eigenvalue weighted by molar-refractivity contribution is 0.373. The van der Waals surface area contributed by atoms with E-state index in [0.717, 1.165) is 30.9 Å². The molecule has 0 fully saturated rings. The van der Waals surface area contributed by atoms with Gasteiger partial charge in [0.2, 0.25) is 5.89 Å². The van der Waals surface area contributed by atoms with Gasteiger partial charge in [0, 0.05) is 31.1 Å². The van der Waals surface area contributed by atoms with E-state index >= 15 is 0 Å². The third-order valence-electron chi connectivity index (χ3n) is 3.29. The van der Waals surface area contributed by atoms with Crippen molar-refractivity contribution in [2.45, 2.75) is 32.7 Å². The summed E-state index contributed by atoms with van der Waals surface area (Å²) >= 11 is 0. The van der Waals surface area contributed by atoms with Gasteiger partial charge in [-0.05, 0) is 32.5 Å². The van der Waals surface area contributed by atoms with Crippen LogP contribution in [0.5, 0.6) is 0 Å². The van der Waals surface area contributed by atoms with Crippen LogP contribution >= 0.6 is 12.4 Å². The Kier molecular flexibility index (Phi) is 7.19. The summed E-state index contributed by atoms with van der Waals surface area (Å²) in [5, 5.41) is 10.5. The van der Waals surface area contributed by atoms with E-state index in [1.165, 1.54) is 5.56 Å². The predicted molar refractivity (Wildman–Crippen MR) is 87.1 cm³/mol. The van der Waals surface area contributed by atoms with Crippen molar-refractivity contribution < 1.29 is 4.52 Å². The Balaban J connectivity index is 0.00000220. The number of halogens is 1. The van der Waals surface area contributed by atoms with Gasteiger partial charge in [-0.15, -0.1) is 12.4 Å². The summed E-state index contributed by atoms with van der Waals surface area (Å²) in [5.74, 6) is 1.45. The molecule has 1 unspecified atom stereocenters. The number of nitrogens with one attached hydrogen (secondary N) is 2. The quantitative estimate of drug-likeness (QED) is 0.823. The smallest absolute Gasteiger partial charge is 0.228 e. The first-order valence-corrected chi connectivity index (χ1v) is 6.97. The molecule has 1 aromatic heterocycles. The van der Waals surface area contributed by atoms with Crippen LogP contribution in [0.1, 0.15) is 24.2 Å². The highest BCUT2D eigenvalue weighted by molar-refractivity contribution is 5.85. The Hall–Kier alpha value is -1.59. The molecule has 2 rings (SSSR count). The summed E-state index contributed by atoms with van der Waals surface area (Å²) in [7, 11) is 1.93. The topological polar surface area (TPSA) is 63.0 Å². The van der Waals surface area contributed by atoms with Crippen molar-refractivity contribution in [2.24, 2.45) is 0 Å². The van der Waals surface area contributed by atoms with Crippen LogP contribution in [-0.2, 0) is 12.8 Å². The molecule has 6 heteroatoms. The van der Waals surface area contributed by atoms with E-state index in [9.17, 15) is 0 Å². The van der Waals surface area contributed by atoms with Crippen molar-refractivity contribution in [3.8, 4) is 0 Å². The summed E-state index contributed by atoms with van der Waals surface area (Å²) in [6.45, 7) is 4.97. The molecule has 2 aromatic rings. The average Bonchev–Trinajstić information content (AvgIpc) is 2.88. The minimum Gasteiger partial charge on any atom is -0.384 e. The fourth-order valence-electron chi connectivity index (χ4n) is 1.93. The molecule has 5 nitrogen and oxygen atoms in total. The third-order valence-corrected chi connectivity index (χ3v) is 3.29. The minimum atomic E-state index is 0. The van der Waals surface area contributed by atoms with Crippen LogP contribution in [0.25, 0.3) is 0 Å². The highest BCUT2D eigenvalue weighted by Crippen LogP contribution is 2.13. The van der Waals surface area contributed by atoms with Gasteiger partial charge in [0.15, 0.2) is 5.82 Å². The van der Waals surface area contributed by atoms with E-state index < -0.39 is 0 Å². The molecule has 0 saturated carbocycles. The molecule has 1 atom stereocenters. The Morgan fingerprint density at radius 1 is 1.29 bits per heavy atom. The van der Waals surface area contributed by atoms with Crippen molar-refractivity contribution in [3.05, 3.63) is 41.5 Å². The number of aromatic nitrogens is 2. The van der Waals surface area contributed by atoms with Crippen LogP contribution in [-0.4, -0.2) is 29.8 Å². The number of hydrogen-bond donors (Lipinski definition) is 2. The highest BCUT2D eigenvalue weighted by Gasteiger charge is 2.09. The maximum atomic E-state index is 5.25. The van der Waals surface area contributed by atoms with Gasteiger partial charge >= 0.3 is 0 Å². The van der Waals surface area contributed by atoms with E-state index in [1.54, 1.807) is 0 Å². The molecule has 0 bridgehead atoms. The van der Waals surface area contributed by atoms with Gasteiger partial charge in [-0.2, -0.15) is 4.98 Å². The van der Waals surface area contributed by atoms with Gasteiger partial charge in [0.05, 0.1) is 0 Å². The monoisotopic (exact) mass is 310 g/mol. The third kappa shape index (κ3) is 5.36. The van der Waals surface area contributed by atoms with Gasteiger partial charge in [-0.3, -0.25) is 0 Å². The number of nitrogens with zero attached hydrogens (tertiary/aromatic N) is 2. The number of likely N-dealkylation sites (N-methyl/N-ethyl adjacent to an activating group) is 1. The van der Waals surface area contributed by atoms with Crippen LogP contribution in [0.2, 0.25) is 0 Å². The fourth-order valence-corrected chi connectivity index (χ4v) is 1.93. The summed E-state index contributed by atoms with van der Waals surface area (Å²) in [5.41, 5.74) is 2.39. The molecular weight excluding hydrogens is 288 g/mol. The lowest BCUT2D eigenvalue weighted by Gasteiger charge is -2.07. The Bertz CT molecular complexity index is 544. The molecule has 21 heavy (non-hydrogen) atoms. The van der Waals surface area contributed by atoms with Gasteiger partial charge in [-0.25, -0.2) is 0 Å². The van der Waals surface area contributed by atoms with Crippen molar-refractivity contribution in [1.29, 1.82) is 0 Å². The molecule has 0 spiro atoms. The van der Waals surface area contributed by atoms with Crippen molar-refractivity contribution in [3.63, 3.8) is 0 Å². The second kappa shape index (κ2) is 8.64. The second-order valence-corrected chi connectivity index (χ2v) is 4.99. The van der Waals surface area contributed by atoms with E-state index in [-0.39, 0.29) is 12.4 Å². The Morgan fingerprint density at radius 2 is 2.05 bits per heavy atom. The number of anilines is 1. The number of para-hydroxylation sites is 1. The number of rotatable bonds is 7. The number of aryl methyl sites for hydroxylation is 1. The molecule has 0 aliphatic rings. The first-order chi connectivity index (χ1) is 9.69. The summed E-state index contributed by atoms with van der Waals surface area (Å²) in [6.07, 6.45) is 1.51. The zero-order chi connectivity index (χ0) is 14.4. The first-order valence-electron chi connectivity index (χ1n) is 6.97. The molecule has 2 N–H and O–H groups in total. The normalized spacial score (nSPS) is 11.8. The molecule has 1 heterocycles. The lowest BCUT2D eigenvalue weighted by atomic mass is 10.2. The largest absolute Gasteiger partial charge is 0.384 e. The van der Waals surface area contributed by atoms with Crippen molar-refractivity contribution in [2.75, 3.05) is 18.9 Å². The van der Waals surface area contributed by atoms with Crippen LogP contribution in [0, 0.1) is 6.92 Å². The highest BCUT2D eigenvalue weighted by atomic mass is 35.5. The Morgan fingerprint density at radius 3 is 2.76 bits per heavy atom. The standard InChI is InChI=1S/C15H22N4O.ClH/c1-11-6-4-5-7-13(11)17-9-8-15-18-14(19-20-15)10-12(2)16-3;/h4-7,12,16-17H,8-10H2,1-3H3;1H. The lowest BCUT2D eigenvalue weighted by Crippen LogP contribution is -2.24. The average molecular weight is 311 g/mol. The van der Waals surface area contributed by atoms with Crippen molar-refractivity contribution in [1.82, 2.24) is 15.5 Å². The zero-order valence-electron chi connectivity index (χ0n) is 12.7. The number of benzene rings is 1.